The van der Waals surface area contributed by atoms with E-state index < -0.39 is 6.36 Å². The van der Waals surface area contributed by atoms with Crippen LogP contribution in [-0.4, -0.2) is 19.4 Å². The second-order valence-electron chi connectivity index (χ2n) is 5.07. The highest BCUT2D eigenvalue weighted by molar-refractivity contribution is 5.92. The number of halogens is 3. The SMILES string of the molecule is COCc1ccccc1NC(N)=NCc1ccccc1OC(F)(F)F. The molecule has 0 unspecified atom stereocenters. The van der Waals surface area contributed by atoms with Gasteiger partial charge in [0.15, 0.2) is 5.96 Å². The van der Waals surface area contributed by atoms with Gasteiger partial charge in [0.25, 0.3) is 0 Å². The van der Waals surface area contributed by atoms with Gasteiger partial charge in [-0.15, -0.1) is 13.2 Å². The molecule has 0 bridgehead atoms. The topological polar surface area (TPSA) is 68.9 Å². The molecule has 0 aliphatic rings. The Morgan fingerprint density at radius 2 is 1.72 bits per heavy atom. The molecule has 3 N–H and O–H groups in total. The smallest absolute Gasteiger partial charge is 0.405 e. The van der Waals surface area contributed by atoms with Gasteiger partial charge < -0.3 is 20.5 Å². The second-order valence-corrected chi connectivity index (χ2v) is 5.07. The minimum Gasteiger partial charge on any atom is -0.405 e. The summed E-state index contributed by atoms with van der Waals surface area (Å²) >= 11 is 0. The maximum absolute atomic E-state index is 12.4. The van der Waals surface area contributed by atoms with Gasteiger partial charge in [-0.25, -0.2) is 4.99 Å². The number of ether oxygens (including phenoxy) is 2. The van der Waals surface area contributed by atoms with Crippen LogP contribution in [-0.2, 0) is 17.9 Å². The van der Waals surface area contributed by atoms with E-state index in [0.717, 1.165) is 5.56 Å². The number of aliphatic imine (C=N–C) groups is 1. The molecule has 0 spiro atoms. The summed E-state index contributed by atoms with van der Waals surface area (Å²) in [6, 6.07) is 13.1. The Hall–Kier alpha value is -2.74. The zero-order chi connectivity index (χ0) is 18.3. The van der Waals surface area contributed by atoms with Crippen LogP contribution in [0.1, 0.15) is 11.1 Å². The highest BCUT2D eigenvalue weighted by atomic mass is 19.4. The van der Waals surface area contributed by atoms with Crippen molar-refractivity contribution in [2.45, 2.75) is 19.5 Å². The number of anilines is 1. The third-order valence-corrected chi connectivity index (χ3v) is 3.20. The van der Waals surface area contributed by atoms with Crippen LogP contribution in [0.4, 0.5) is 18.9 Å². The lowest BCUT2D eigenvalue weighted by Crippen LogP contribution is -2.23. The average Bonchev–Trinajstić information content (AvgIpc) is 2.55. The normalized spacial score (nSPS) is 12.1. The van der Waals surface area contributed by atoms with Crippen LogP contribution in [0.3, 0.4) is 0 Å². The quantitative estimate of drug-likeness (QED) is 0.614. The first-order valence-corrected chi connectivity index (χ1v) is 7.36. The fraction of sp³-hybridized carbons (Fsp3) is 0.235. The third-order valence-electron chi connectivity index (χ3n) is 3.20. The molecule has 0 saturated heterocycles. The van der Waals surface area contributed by atoms with Gasteiger partial charge in [-0.2, -0.15) is 0 Å². The molecule has 2 aromatic rings. The molecular formula is C17H18F3N3O2. The van der Waals surface area contributed by atoms with E-state index >= 15 is 0 Å². The number of nitrogens with one attached hydrogen (secondary N) is 1. The number of nitrogens with two attached hydrogens (primary N) is 1. The third kappa shape index (κ3) is 6.00. The van der Waals surface area contributed by atoms with E-state index in [1.807, 2.05) is 18.2 Å². The van der Waals surface area contributed by atoms with Crippen molar-refractivity contribution in [1.82, 2.24) is 0 Å². The number of hydrogen-bond donors (Lipinski definition) is 2. The van der Waals surface area contributed by atoms with Crippen molar-refractivity contribution < 1.29 is 22.6 Å². The molecule has 134 valence electrons. The summed E-state index contributed by atoms with van der Waals surface area (Å²) in [5.74, 6) is -0.225. The van der Waals surface area contributed by atoms with E-state index in [1.165, 1.54) is 18.2 Å². The predicted molar refractivity (Wildman–Crippen MR) is 89.2 cm³/mol. The van der Waals surface area contributed by atoms with Crippen molar-refractivity contribution >= 4 is 11.6 Å². The van der Waals surface area contributed by atoms with Gasteiger partial charge in [0.05, 0.1) is 13.2 Å². The Labute approximate surface area is 143 Å². The van der Waals surface area contributed by atoms with E-state index in [4.69, 9.17) is 10.5 Å². The summed E-state index contributed by atoms with van der Waals surface area (Å²) < 4.78 is 46.3. The molecule has 0 saturated carbocycles. The van der Waals surface area contributed by atoms with Crippen LogP contribution in [0.25, 0.3) is 0 Å². The van der Waals surface area contributed by atoms with Crippen molar-refractivity contribution in [3.05, 3.63) is 59.7 Å². The van der Waals surface area contributed by atoms with Crippen molar-refractivity contribution in [2.75, 3.05) is 12.4 Å². The maximum atomic E-state index is 12.4. The number of rotatable bonds is 6. The Morgan fingerprint density at radius 1 is 1.08 bits per heavy atom. The lowest BCUT2D eigenvalue weighted by molar-refractivity contribution is -0.274. The molecule has 0 radical (unpaired) electrons. The van der Waals surface area contributed by atoms with E-state index in [1.54, 1.807) is 19.2 Å². The highest BCUT2D eigenvalue weighted by Gasteiger charge is 2.31. The van der Waals surface area contributed by atoms with Crippen molar-refractivity contribution in [2.24, 2.45) is 10.7 Å². The maximum Gasteiger partial charge on any atom is 0.573 e. The number of methoxy groups -OCH3 is 1. The molecule has 0 aromatic heterocycles. The first kappa shape index (κ1) is 18.6. The molecule has 0 aliphatic heterocycles. The van der Waals surface area contributed by atoms with Crippen LogP contribution < -0.4 is 15.8 Å². The minimum absolute atomic E-state index is 0.0580. The summed E-state index contributed by atoms with van der Waals surface area (Å²) in [5.41, 5.74) is 7.70. The van der Waals surface area contributed by atoms with Gasteiger partial charge in [0.1, 0.15) is 5.75 Å². The van der Waals surface area contributed by atoms with Crippen molar-refractivity contribution in [1.29, 1.82) is 0 Å². The molecule has 25 heavy (non-hydrogen) atoms. The summed E-state index contributed by atoms with van der Waals surface area (Å²) in [7, 11) is 1.58. The zero-order valence-electron chi connectivity index (χ0n) is 13.5. The molecule has 5 nitrogen and oxygen atoms in total. The zero-order valence-corrected chi connectivity index (χ0v) is 13.5. The molecule has 2 rings (SSSR count). The Bertz CT molecular complexity index is 733. The number of nitrogens with zero attached hydrogens (tertiary/aromatic N) is 1. The lowest BCUT2D eigenvalue weighted by Gasteiger charge is -2.13. The summed E-state index contributed by atoms with van der Waals surface area (Å²) in [4.78, 5) is 4.08. The van der Waals surface area contributed by atoms with Gasteiger partial charge in [0.2, 0.25) is 0 Å². The van der Waals surface area contributed by atoms with Crippen LogP contribution >= 0.6 is 0 Å². The summed E-state index contributed by atoms with van der Waals surface area (Å²) in [5, 5.41) is 2.92. The van der Waals surface area contributed by atoms with Gasteiger partial charge >= 0.3 is 6.36 Å². The van der Waals surface area contributed by atoms with Gasteiger partial charge in [-0.05, 0) is 12.1 Å². The molecule has 8 heteroatoms. The first-order chi connectivity index (χ1) is 11.9. The number of benzene rings is 2. The second kappa shape index (κ2) is 8.39. The van der Waals surface area contributed by atoms with E-state index in [2.05, 4.69) is 15.0 Å². The van der Waals surface area contributed by atoms with Gasteiger partial charge in [-0.3, -0.25) is 0 Å². The standard InChI is InChI=1S/C17H18F3N3O2/c1-24-11-13-7-2-4-8-14(13)23-16(21)22-10-12-6-3-5-9-15(12)25-17(18,19)20/h2-9H,10-11H2,1H3,(H3,21,22,23). The van der Waals surface area contributed by atoms with Crippen LogP contribution in [0, 0.1) is 0 Å². The fourth-order valence-electron chi connectivity index (χ4n) is 2.13. The van der Waals surface area contributed by atoms with E-state index in [-0.39, 0.29) is 23.8 Å². The first-order valence-electron chi connectivity index (χ1n) is 7.36. The lowest BCUT2D eigenvalue weighted by atomic mass is 10.2. The molecule has 0 fully saturated rings. The molecule has 0 heterocycles. The number of guanidine groups is 1. The van der Waals surface area contributed by atoms with Crippen molar-refractivity contribution in [3.8, 4) is 5.75 Å². The monoisotopic (exact) mass is 353 g/mol. The fourth-order valence-corrected chi connectivity index (χ4v) is 2.13. The molecular weight excluding hydrogens is 335 g/mol. The van der Waals surface area contributed by atoms with Crippen molar-refractivity contribution in [3.63, 3.8) is 0 Å². The predicted octanol–water partition coefficient (Wildman–Crippen LogP) is 3.66. The highest BCUT2D eigenvalue weighted by Crippen LogP contribution is 2.26. The van der Waals surface area contributed by atoms with Gasteiger partial charge in [0, 0.05) is 23.9 Å². The van der Waals surface area contributed by atoms with Gasteiger partial charge in [-0.1, -0.05) is 36.4 Å². The number of hydrogen-bond acceptors (Lipinski definition) is 3. The number of para-hydroxylation sites is 2. The Morgan fingerprint density at radius 3 is 2.40 bits per heavy atom. The average molecular weight is 353 g/mol. The summed E-state index contributed by atoms with van der Waals surface area (Å²) in [6.45, 7) is 0.330. The molecule has 0 amide bonds. The molecule has 0 aliphatic carbocycles. The van der Waals surface area contributed by atoms with Crippen LogP contribution in [0.2, 0.25) is 0 Å². The van der Waals surface area contributed by atoms with E-state index in [9.17, 15) is 13.2 Å². The minimum atomic E-state index is -4.76. The van der Waals surface area contributed by atoms with Crippen LogP contribution in [0.15, 0.2) is 53.5 Å². The Balaban J connectivity index is 2.10. The molecule has 2 aromatic carbocycles. The number of alkyl halides is 3. The molecule has 0 atom stereocenters. The van der Waals surface area contributed by atoms with E-state index in [0.29, 0.717) is 12.3 Å². The Kier molecular flexibility index (Phi) is 6.24. The summed E-state index contributed by atoms with van der Waals surface area (Å²) in [6.07, 6.45) is -4.76. The largest absolute Gasteiger partial charge is 0.573 e. The van der Waals surface area contributed by atoms with Crippen LogP contribution in [0.5, 0.6) is 5.75 Å².